The minimum atomic E-state index is -0.413. The average molecular weight is 346 g/mol. The molecule has 1 atom stereocenters. The van der Waals surface area contributed by atoms with Crippen LogP contribution in [0.25, 0.3) is 0 Å². The van der Waals surface area contributed by atoms with E-state index in [4.69, 9.17) is 5.26 Å². The maximum absolute atomic E-state index is 13.5. The van der Waals surface area contributed by atoms with Crippen LogP contribution in [0.5, 0.6) is 0 Å². The third-order valence-corrected chi connectivity index (χ3v) is 4.59. The first kappa shape index (κ1) is 19.2. The molecule has 2 fully saturated rings. The van der Waals surface area contributed by atoms with Gasteiger partial charge in [-0.3, -0.25) is 4.90 Å². The maximum Gasteiger partial charge on any atom is 0.140 e. The van der Waals surface area contributed by atoms with Gasteiger partial charge in [0.15, 0.2) is 0 Å². The van der Waals surface area contributed by atoms with Gasteiger partial charge in [0.25, 0.3) is 0 Å². The van der Waals surface area contributed by atoms with E-state index in [2.05, 4.69) is 10.2 Å². The molecule has 1 aromatic rings. The number of hydrogen-bond donors (Lipinski definition) is 1. The van der Waals surface area contributed by atoms with Crippen LogP contribution < -0.4 is 5.32 Å². The van der Waals surface area contributed by atoms with E-state index in [0.29, 0.717) is 12.0 Å². The topological polar surface area (TPSA) is 39.1 Å². The molecule has 1 aliphatic carbocycles. The number of nitrogens with zero attached hydrogens (tertiary/aromatic N) is 2. The molecule has 0 aromatic heterocycles. The molecular formula is C16H22Cl2FN3. The lowest BCUT2D eigenvalue weighted by atomic mass is 9.76. The number of piperazine rings is 1. The van der Waals surface area contributed by atoms with Crippen molar-refractivity contribution < 1.29 is 4.39 Å². The lowest BCUT2D eigenvalue weighted by Gasteiger charge is -2.43. The fourth-order valence-corrected chi connectivity index (χ4v) is 3.31. The fourth-order valence-electron chi connectivity index (χ4n) is 3.31. The summed E-state index contributed by atoms with van der Waals surface area (Å²) >= 11 is 0. The van der Waals surface area contributed by atoms with Gasteiger partial charge in [-0.25, -0.2) is 4.39 Å². The molecule has 0 unspecified atom stereocenters. The molecule has 22 heavy (non-hydrogen) atoms. The first-order valence-electron chi connectivity index (χ1n) is 7.44. The largest absolute Gasteiger partial charge is 0.314 e. The number of nitrogens with one attached hydrogen (secondary N) is 1. The SMILES string of the molecule is Cl.Cl.N#Cc1cc([C@H](C2CCC2)N2CCNCC2)ccc1F. The highest BCUT2D eigenvalue weighted by molar-refractivity contribution is 5.85. The second-order valence-corrected chi connectivity index (χ2v) is 5.77. The third-order valence-electron chi connectivity index (χ3n) is 4.59. The molecular weight excluding hydrogens is 324 g/mol. The monoisotopic (exact) mass is 345 g/mol. The van der Waals surface area contributed by atoms with Crippen LogP contribution in [0, 0.1) is 23.1 Å². The lowest BCUT2D eigenvalue weighted by molar-refractivity contribution is 0.0836. The van der Waals surface area contributed by atoms with Crippen LogP contribution in [-0.4, -0.2) is 31.1 Å². The summed E-state index contributed by atoms with van der Waals surface area (Å²) in [4.78, 5) is 2.49. The van der Waals surface area contributed by atoms with Gasteiger partial charge in [0, 0.05) is 32.2 Å². The van der Waals surface area contributed by atoms with E-state index in [1.54, 1.807) is 6.07 Å². The summed E-state index contributed by atoms with van der Waals surface area (Å²) in [6.07, 6.45) is 3.78. The minimum Gasteiger partial charge on any atom is -0.314 e. The van der Waals surface area contributed by atoms with Crippen molar-refractivity contribution in [2.75, 3.05) is 26.2 Å². The molecule has 0 amide bonds. The van der Waals surface area contributed by atoms with Crippen LogP contribution in [0.15, 0.2) is 18.2 Å². The van der Waals surface area contributed by atoms with Crippen molar-refractivity contribution in [1.82, 2.24) is 10.2 Å². The lowest BCUT2D eigenvalue weighted by Crippen LogP contribution is -2.47. The first-order chi connectivity index (χ1) is 9.79. The maximum atomic E-state index is 13.5. The van der Waals surface area contributed by atoms with Crippen LogP contribution >= 0.6 is 24.8 Å². The standard InChI is InChI=1S/C16H20FN3.2ClH/c17-15-5-4-13(10-14(15)11-18)16(12-2-1-3-12)20-8-6-19-7-9-20;;/h4-5,10,12,16,19H,1-3,6-9H2;2*1H/t16-;;/m0../s1. The van der Waals surface area contributed by atoms with Gasteiger partial charge in [-0.1, -0.05) is 12.5 Å². The molecule has 1 saturated heterocycles. The Hall–Kier alpha value is -0.860. The molecule has 6 heteroatoms. The van der Waals surface area contributed by atoms with Gasteiger partial charge in [-0.15, -0.1) is 24.8 Å². The molecule has 0 bridgehead atoms. The molecule has 2 aliphatic rings. The van der Waals surface area contributed by atoms with E-state index < -0.39 is 5.82 Å². The zero-order valence-corrected chi connectivity index (χ0v) is 14.1. The Bertz CT molecular complexity index is 523. The van der Waals surface area contributed by atoms with Crippen molar-refractivity contribution in [2.45, 2.75) is 25.3 Å². The summed E-state index contributed by atoms with van der Waals surface area (Å²) in [5.41, 5.74) is 1.27. The van der Waals surface area contributed by atoms with Crippen molar-refractivity contribution in [3.05, 3.63) is 35.1 Å². The molecule has 1 N–H and O–H groups in total. The predicted octanol–water partition coefficient (Wildman–Crippen LogP) is 3.29. The number of halogens is 3. The summed E-state index contributed by atoms with van der Waals surface area (Å²) < 4.78 is 13.5. The number of nitriles is 1. The predicted molar refractivity (Wildman–Crippen MR) is 90.1 cm³/mol. The Morgan fingerprint density at radius 3 is 2.45 bits per heavy atom. The van der Waals surface area contributed by atoms with Gasteiger partial charge >= 0.3 is 0 Å². The van der Waals surface area contributed by atoms with Crippen molar-refractivity contribution in [3.8, 4) is 6.07 Å². The Labute approximate surface area is 143 Å². The Morgan fingerprint density at radius 1 is 1.23 bits per heavy atom. The fraction of sp³-hybridized carbons (Fsp3) is 0.562. The number of benzene rings is 1. The van der Waals surface area contributed by atoms with Crippen molar-refractivity contribution in [3.63, 3.8) is 0 Å². The molecule has 1 aromatic carbocycles. The highest BCUT2D eigenvalue weighted by atomic mass is 35.5. The molecule has 1 saturated carbocycles. The van der Waals surface area contributed by atoms with Crippen molar-refractivity contribution in [2.24, 2.45) is 5.92 Å². The van der Waals surface area contributed by atoms with Gasteiger partial charge in [0.05, 0.1) is 5.56 Å². The molecule has 1 heterocycles. The number of hydrogen-bond acceptors (Lipinski definition) is 3. The Morgan fingerprint density at radius 2 is 1.91 bits per heavy atom. The van der Waals surface area contributed by atoms with Crippen LogP contribution in [-0.2, 0) is 0 Å². The van der Waals surface area contributed by atoms with Gasteiger partial charge in [-0.05, 0) is 36.5 Å². The molecule has 0 radical (unpaired) electrons. The zero-order chi connectivity index (χ0) is 13.9. The van der Waals surface area contributed by atoms with Crippen molar-refractivity contribution >= 4 is 24.8 Å². The van der Waals surface area contributed by atoms with Crippen LogP contribution in [0.4, 0.5) is 4.39 Å². The summed E-state index contributed by atoms with van der Waals surface area (Å²) in [5, 5.41) is 12.4. The van der Waals surface area contributed by atoms with Gasteiger partial charge in [-0.2, -0.15) is 5.26 Å². The van der Waals surface area contributed by atoms with E-state index in [1.165, 1.54) is 25.3 Å². The van der Waals surface area contributed by atoms with Crippen LogP contribution in [0.1, 0.15) is 36.4 Å². The van der Waals surface area contributed by atoms with Crippen LogP contribution in [0.2, 0.25) is 0 Å². The van der Waals surface area contributed by atoms with E-state index in [9.17, 15) is 4.39 Å². The second-order valence-electron chi connectivity index (χ2n) is 5.77. The summed E-state index contributed by atoms with van der Waals surface area (Å²) in [6, 6.07) is 7.37. The third kappa shape index (κ3) is 3.91. The van der Waals surface area contributed by atoms with Gasteiger partial charge in [0.1, 0.15) is 11.9 Å². The minimum absolute atomic E-state index is 0. The Kier molecular flexibility index (Phi) is 7.58. The molecule has 3 nitrogen and oxygen atoms in total. The zero-order valence-electron chi connectivity index (χ0n) is 12.4. The quantitative estimate of drug-likeness (QED) is 0.913. The van der Waals surface area contributed by atoms with Crippen LogP contribution in [0.3, 0.4) is 0 Å². The summed E-state index contributed by atoms with van der Waals surface area (Å²) in [7, 11) is 0. The molecule has 1 aliphatic heterocycles. The van der Waals surface area contributed by atoms with Crippen molar-refractivity contribution in [1.29, 1.82) is 5.26 Å². The van der Waals surface area contributed by atoms with E-state index >= 15 is 0 Å². The molecule has 0 spiro atoms. The highest BCUT2D eigenvalue weighted by Crippen LogP contribution is 2.41. The molecule has 122 valence electrons. The summed E-state index contributed by atoms with van der Waals surface area (Å²) in [5.74, 6) is 0.244. The van der Waals surface area contributed by atoms with E-state index in [1.807, 2.05) is 12.1 Å². The smallest absolute Gasteiger partial charge is 0.140 e. The second kappa shape index (κ2) is 8.69. The first-order valence-corrected chi connectivity index (χ1v) is 7.44. The highest BCUT2D eigenvalue weighted by Gasteiger charge is 2.33. The van der Waals surface area contributed by atoms with Gasteiger partial charge in [0.2, 0.25) is 0 Å². The average Bonchev–Trinajstić information content (AvgIpc) is 2.44. The normalized spacial score (nSPS) is 20.0. The number of rotatable bonds is 3. The molecule has 3 rings (SSSR count). The summed E-state index contributed by atoms with van der Waals surface area (Å²) in [6.45, 7) is 4.08. The van der Waals surface area contributed by atoms with Gasteiger partial charge < -0.3 is 5.32 Å². The van der Waals surface area contributed by atoms with E-state index in [0.717, 1.165) is 31.7 Å². The van der Waals surface area contributed by atoms with E-state index in [-0.39, 0.29) is 30.4 Å². The Balaban J connectivity index is 0.00000121.